The smallest absolute Gasteiger partial charge is 0.135 e. The van der Waals surface area contributed by atoms with Gasteiger partial charge in [0.05, 0.1) is 11.4 Å². The zero-order valence-corrected chi connectivity index (χ0v) is 26.6. The summed E-state index contributed by atoms with van der Waals surface area (Å²) in [5.41, 5.74) is 14.8. The molecule has 49 heavy (non-hydrogen) atoms. The maximum Gasteiger partial charge on any atom is 0.135 e. The summed E-state index contributed by atoms with van der Waals surface area (Å²) in [5.74, 6) is 0. The van der Waals surface area contributed by atoms with E-state index in [1.165, 1.54) is 11.1 Å². The number of aromatic nitrogens is 2. The van der Waals surface area contributed by atoms with E-state index in [0.717, 1.165) is 77.8 Å². The molecule has 0 amide bonds. The Bertz CT molecular complexity index is 2510. The molecule has 0 saturated heterocycles. The maximum absolute atomic E-state index is 6.07. The standard InChI is InChI=1S/C46H30N2O/c1-3-10-31(11-4-1)37-24-38(32-12-5-2-6-13-32)26-40(25-37)44-29-39(36-14-9-23-47-30-36)28-43(48-44)34-19-17-33(18-20-34)35-21-22-46-42(27-35)41-15-7-8-16-45(41)49-46/h1-30H. The van der Waals surface area contributed by atoms with E-state index in [9.17, 15) is 0 Å². The molecule has 0 N–H and O–H groups in total. The zero-order chi connectivity index (χ0) is 32.6. The largest absolute Gasteiger partial charge is 0.456 e. The van der Waals surface area contributed by atoms with Gasteiger partial charge in [0.2, 0.25) is 0 Å². The minimum Gasteiger partial charge on any atom is -0.456 e. The van der Waals surface area contributed by atoms with Crippen LogP contribution in [0.3, 0.4) is 0 Å². The monoisotopic (exact) mass is 626 g/mol. The van der Waals surface area contributed by atoms with Crippen LogP contribution >= 0.6 is 0 Å². The van der Waals surface area contributed by atoms with E-state index in [0.29, 0.717) is 0 Å². The van der Waals surface area contributed by atoms with Crippen molar-refractivity contribution in [3.63, 3.8) is 0 Å². The number of fused-ring (bicyclic) bond motifs is 3. The Morgan fingerprint density at radius 1 is 0.327 bits per heavy atom. The fourth-order valence-electron chi connectivity index (χ4n) is 6.64. The van der Waals surface area contributed by atoms with Crippen LogP contribution in [0.2, 0.25) is 0 Å². The summed E-state index contributed by atoms with van der Waals surface area (Å²) >= 11 is 0. The predicted octanol–water partition coefficient (Wildman–Crippen LogP) is 12.4. The molecule has 3 nitrogen and oxygen atoms in total. The summed E-state index contributed by atoms with van der Waals surface area (Å²) in [6, 6.07) is 59.6. The molecule has 9 rings (SSSR count). The number of benzene rings is 6. The van der Waals surface area contributed by atoms with Gasteiger partial charge in [-0.2, -0.15) is 0 Å². The predicted molar refractivity (Wildman–Crippen MR) is 202 cm³/mol. The minimum absolute atomic E-state index is 0.900. The molecule has 0 spiro atoms. The molecular formula is C46H30N2O. The van der Waals surface area contributed by atoms with Crippen molar-refractivity contribution in [1.29, 1.82) is 0 Å². The van der Waals surface area contributed by atoms with Crippen LogP contribution in [-0.4, -0.2) is 9.97 Å². The normalized spacial score (nSPS) is 11.3. The van der Waals surface area contributed by atoms with Gasteiger partial charge in [-0.1, -0.05) is 115 Å². The lowest BCUT2D eigenvalue weighted by molar-refractivity contribution is 0.669. The lowest BCUT2D eigenvalue weighted by Crippen LogP contribution is -1.93. The molecule has 0 unspecified atom stereocenters. The third-order valence-electron chi connectivity index (χ3n) is 9.15. The Morgan fingerprint density at radius 3 is 1.55 bits per heavy atom. The van der Waals surface area contributed by atoms with Crippen LogP contribution in [0.15, 0.2) is 187 Å². The van der Waals surface area contributed by atoms with Crippen molar-refractivity contribution in [2.75, 3.05) is 0 Å². The SMILES string of the molecule is c1ccc(-c2cc(-c3ccccc3)cc(-c3cc(-c4cccnc4)cc(-c4ccc(-c5ccc6oc7ccccc7c6c5)cc4)n3)c2)cc1. The van der Waals surface area contributed by atoms with Gasteiger partial charge in [-0.25, -0.2) is 4.98 Å². The highest BCUT2D eigenvalue weighted by atomic mass is 16.3. The van der Waals surface area contributed by atoms with Gasteiger partial charge in [0.15, 0.2) is 0 Å². The summed E-state index contributed by atoms with van der Waals surface area (Å²) < 4.78 is 6.07. The van der Waals surface area contributed by atoms with Gasteiger partial charge in [0.1, 0.15) is 11.2 Å². The molecule has 0 aliphatic heterocycles. The number of nitrogens with zero attached hydrogens (tertiary/aromatic N) is 2. The second-order valence-electron chi connectivity index (χ2n) is 12.3. The quantitative estimate of drug-likeness (QED) is 0.184. The van der Waals surface area contributed by atoms with Crippen LogP contribution in [0.1, 0.15) is 0 Å². The van der Waals surface area contributed by atoms with E-state index in [1.54, 1.807) is 0 Å². The van der Waals surface area contributed by atoms with Gasteiger partial charge < -0.3 is 4.42 Å². The van der Waals surface area contributed by atoms with E-state index in [-0.39, 0.29) is 0 Å². The van der Waals surface area contributed by atoms with Crippen molar-refractivity contribution < 1.29 is 4.42 Å². The lowest BCUT2D eigenvalue weighted by atomic mass is 9.93. The third-order valence-corrected chi connectivity index (χ3v) is 9.15. The Labute approximate surface area is 284 Å². The number of hydrogen-bond acceptors (Lipinski definition) is 3. The van der Waals surface area contributed by atoms with Crippen molar-refractivity contribution in [2.24, 2.45) is 0 Å². The van der Waals surface area contributed by atoms with Gasteiger partial charge in [-0.15, -0.1) is 0 Å². The highest BCUT2D eigenvalue weighted by Crippen LogP contribution is 2.37. The Kier molecular flexibility index (Phi) is 7.14. The molecular weight excluding hydrogens is 597 g/mol. The topological polar surface area (TPSA) is 38.9 Å². The van der Waals surface area contributed by atoms with Crippen molar-refractivity contribution in [3.05, 3.63) is 182 Å². The Hall–Kier alpha value is -6.58. The second kappa shape index (κ2) is 12.2. The van der Waals surface area contributed by atoms with Gasteiger partial charge >= 0.3 is 0 Å². The zero-order valence-electron chi connectivity index (χ0n) is 26.6. The molecule has 6 aromatic carbocycles. The van der Waals surface area contributed by atoms with Crippen molar-refractivity contribution >= 4 is 21.9 Å². The van der Waals surface area contributed by atoms with Crippen LogP contribution in [0, 0.1) is 0 Å². The van der Waals surface area contributed by atoms with E-state index in [2.05, 4.69) is 157 Å². The first-order valence-electron chi connectivity index (χ1n) is 16.5. The molecule has 3 heteroatoms. The third kappa shape index (κ3) is 5.58. The fourth-order valence-corrected chi connectivity index (χ4v) is 6.64. The molecule has 0 bridgehead atoms. The number of pyridine rings is 2. The number of rotatable bonds is 6. The van der Waals surface area contributed by atoms with Crippen LogP contribution < -0.4 is 0 Å². The average Bonchev–Trinajstić information content (AvgIpc) is 3.57. The Balaban J connectivity index is 1.16. The number of hydrogen-bond donors (Lipinski definition) is 0. The Morgan fingerprint density at radius 2 is 0.857 bits per heavy atom. The van der Waals surface area contributed by atoms with Crippen LogP contribution in [0.4, 0.5) is 0 Å². The minimum atomic E-state index is 0.900. The van der Waals surface area contributed by atoms with Crippen LogP contribution in [0.25, 0.3) is 89.0 Å². The van der Waals surface area contributed by atoms with Crippen LogP contribution in [0.5, 0.6) is 0 Å². The van der Waals surface area contributed by atoms with Crippen molar-refractivity contribution in [3.8, 4) is 67.0 Å². The lowest BCUT2D eigenvalue weighted by Gasteiger charge is -2.14. The molecule has 3 aromatic heterocycles. The first-order valence-corrected chi connectivity index (χ1v) is 16.5. The molecule has 3 heterocycles. The summed E-state index contributed by atoms with van der Waals surface area (Å²) in [5, 5.41) is 2.26. The summed E-state index contributed by atoms with van der Waals surface area (Å²) in [4.78, 5) is 9.73. The van der Waals surface area contributed by atoms with Gasteiger partial charge in [0.25, 0.3) is 0 Å². The average molecular weight is 627 g/mol. The molecule has 0 saturated carbocycles. The molecule has 0 fully saturated rings. The number of para-hydroxylation sites is 1. The highest BCUT2D eigenvalue weighted by molar-refractivity contribution is 6.06. The number of furan rings is 1. The molecule has 0 radical (unpaired) electrons. The van der Waals surface area contributed by atoms with Gasteiger partial charge in [-0.05, 0) is 93.5 Å². The second-order valence-corrected chi connectivity index (χ2v) is 12.3. The first kappa shape index (κ1) is 28.6. The molecule has 230 valence electrons. The fraction of sp³-hybridized carbons (Fsp3) is 0. The van der Waals surface area contributed by atoms with E-state index < -0.39 is 0 Å². The van der Waals surface area contributed by atoms with Crippen molar-refractivity contribution in [1.82, 2.24) is 9.97 Å². The summed E-state index contributed by atoms with van der Waals surface area (Å²) in [6.07, 6.45) is 3.72. The van der Waals surface area contributed by atoms with E-state index in [1.807, 2.05) is 30.6 Å². The van der Waals surface area contributed by atoms with Gasteiger partial charge in [0, 0.05) is 39.9 Å². The van der Waals surface area contributed by atoms with E-state index >= 15 is 0 Å². The summed E-state index contributed by atoms with van der Waals surface area (Å²) in [6.45, 7) is 0. The van der Waals surface area contributed by atoms with Gasteiger partial charge in [-0.3, -0.25) is 4.98 Å². The molecule has 0 aliphatic carbocycles. The maximum atomic E-state index is 6.07. The molecule has 9 aromatic rings. The molecule has 0 aliphatic rings. The summed E-state index contributed by atoms with van der Waals surface area (Å²) in [7, 11) is 0. The van der Waals surface area contributed by atoms with Crippen LogP contribution in [-0.2, 0) is 0 Å². The first-order chi connectivity index (χ1) is 24.2. The van der Waals surface area contributed by atoms with Crippen molar-refractivity contribution in [2.45, 2.75) is 0 Å². The van der Waals surface area contributed by atoms with E-state index in [4.69, 9.17) is 9.40 Å². The molecule has 0 atom stereocenters. The highest BCUT2D eigenvalue weighted by Gasteiger charge is 2.14.